The van der Waals surface area contributed by atoms with Crippen LogP contribution in [0, 0.1) is 0 Å². The molecule has 1 aromatic rings. The van der Waals surface area contributed by atoms with Crippen LogP contribution in [-0.4, -0.2) is 32.5 Å². The molecule has 0 spiro atoms. The van der Waals surface area contributed by atoms with Gasteiger partial charge < -0.3 is 10.1 Å². The van der Waals surface area contributed by atoms with Crippen molar-refractivity contribution in [1.82, 2.24) is 20.1 Å². The number of rotatable bonds is 5. The Bertz CT molecular complexity index is 386. The van der Waals surface area contributed by atoms with Gasteiger partial charge in [0.25, 0.3) is 0 Å². The lowest BCUT2D eigenvalue weighted by atomic mass is 10.1. The molecule has 1 aliphatic heterocycles. The van der Waals surface area contributed by atoms with E-state index in [2.05, 4.69) is 43.1 Å². The van der Waals surface area contributed by atoms with Crippen molar-refractivity contribution in [3.63, 3.8) is 0 Å². The highest BCUT2D eigenvalue weighted by atomic mass is 16.5. The van der Waals surface area contributed by atoms with Gasteiger partial charge in [-0.15, -0.1) is 0 Å². The minimum Gasteiger partial charge on any atom is -0.370 e. The molecule has 1 unspecified atom stereocenters. The van der Waals surface area contributed by atoms with Crippen LogP contribution in [0.15, 0.2) is 6.33 Å². The molecule has 18 heavy (non-hydrogen) atoms. The number of hydrogen-bond acceptors (Lipinski definition) is 4. The molecule has 1 aliphatic rings. The summed E-state index contributed by atoms with van der Waals surface area (Å²) in [5.74, 6) is 0.983. The second-order valence-corrected chi connectivity index (χ2v) is 5.93. The summed E-state index contributed by atoms with van der Waals surface area (Å²) in [6, 6.07) is 0.455. The van der Waals surface area contributed by atoms with E-state index in [0.29, 0.717) is 6.04 Å². The lowest BCUT2D eigenvalue weighted by Gasteiger charge is -2.19. The first-order chi connectivity index (χ1) is 8.46. The molecule has 1 N–H and O–H groups in total. The zero-order chi connectivity index (χ0) is 13.2. The second-order valence-electron chi connectivity index (χ2n) is 5.93. The Labute approximate surface area is 109 Å². The standard InChI is InChI=1S/C13H24N4O/c1-10(2)14-7-12-15-9-16-17(12)8-11-5-6-13(3,4)18-11/h9-11,14H,5-8H2,1-4H3. The Kier molecular flexibility index (Phi) is 4.02. The van der Waals surface area contributed by atoms with Crippen molar-refractivity contribution >= 4 is 0 Å². The summed E-state index contributed by atoms with van der Waals surface area (Å²) in [7, 11) is 0. The van der Waals surface area contributed by atoms with E-state index < -0.39 is 0 Å². The topological polar surface area (TPSA) is 52.0 Å². The second kappa shape index (κ2) is 5.36. The Morgan fingerprint density at radius 1 is 1.56 bits per heavy atom. The number of aromatic nitrogens is 3. The quantitative estimate of drug-likeness (QED) is 0.867. The summed E-state index contributed by atoms with van der Waals surface area (Å²) in [6.45, 7) is 10.1. The molecule has 1 fully saturated rings. The molecule has 1 saturated heterocycles. The maximum absolute atomic E-state index is 5.99. The third-order valence-electron chi connectivity index (χ3n) is 3.29. The van der Waals surface area contributed by atoms with Gasteiger partial charge in [-0.25, -0.2) is 9.67 Å². The highest BCUT2D eigenvalue weighted by molar-refractivity contribution is 4.87. The van der Waals surface area contributed by atoms with Crippen LogP contribution in [0.3, 0.4) is 0 Å². The first kappa shape index (κ1) is 13.5. The first-order valence-corrected chi connectivity index (χ1v) is 6.74. The Morgan fingerprint density at radius 2 is 2.33 bits per heavy atom. The normalized spacial score (nSPS) is 22.8. The predicted molar refractivity (Wildman–Crippen MR) is 70.2 cm³/mol. The highest BCUT2D eigenvalue weighted by Crippen LogP contribution is 2.30. The van der Waals surface area contributed by atoms with Gasteiger partial charge in [0.2, 0.25) is 0 Å². The summed E-state index contributed by atoms with van der Waals surface area (Å²) in [6.07, 6.45) is 4.10. The molecular formula is C13H24N4O. The molecular weight excluding hydrogens is 228 g/mol. The molecule has 5 nitrogen and oxygen atoms in total. The number of hydrogen-bond donors (Lipinski definition) is 1. The monoisotopic (exact) mass is 252 g/mol. The molecule has 0 saturated carbocycles. The van der Waals surface area contributed by atoms with E-state index in [1.165, 1.54) is 0 Å². The van der Waals surface area contributed by atoms with E-state index in [0.717, 1.165) is 31.8 Å². The van der Waals surface area contributed by atoms with Gasteiger partial charge in [-0.2, -0.15) is 5.10 Å². The summed E-state index contributed by atoms with van der Waals surface area (Å²) >= 11 is 0. The summed E-state index contributed by atoms with van der Waals surface area (Å²) in [5, 5.41) is 7.66. The molecule has 0 amide bonds. The Hall–Kier alpha value is -0.940. The fourth-order valence-corrected chi connectivity index (χ4v) is 2.27. The summed E-state index contributed by atoms with van der Waals surface area (Å²) < 4.78 is 7.95. The van der Waals surface area contributed by atoms with Gasteiger partial charge in [-0.1, -0.05) is 13.8 Å². The molecule has 5 heteroatoms. The van der Waals surface area contributed by atoms with Crippen molar-refractivity contribution in [2.45, 2.75) is 71.4 Å². The average molecular weight is 252 g/mol. The van der Waals surface area contributed by atoms with E-state index in [1.54, 1.807) is 6.33 Å². The smallest absolute Gasteiger partial charge is 0.140 e. The minimum atomic E-state index is 0.0155. The van der Waals surface area contributed by atoms with E-state index >= 15 is 0 Å². The highest BCUT2D eigenvalue weighted by Gasteiger charge is 2.32. The van der Waals surface area contributed by atoms with Crippen molar-refractivity contribution in [3.05, 3.63) is 12.2 Å². The zero-order valence-electron chi connectivity index (χ0n) is 11.8. The van der Waals surface area contributed by atoms with Crippen molar-refractivity contribution < 1.29 is 4.74 Å². The predicted octanol–water partition coefficient (Wildman–Crippen LogP) is 1.73. The number of nitrogens with one attached hydrogen (secondary N) is 1. The molecule has 0 radical (unpaired) electrons. The largest absolute Gasteiger partial charge is 0.370 e. The molecule has 0 bridgehead atoms. The number of nitrogens with zero attached hydrogens (tertiary/aromatic N) is 3. The fraction of sp³-hybridized carbons (Fsp3) is 0.846. The Morgan fingerprint density at radius 3 is 2.94 bits per heavy atom. The minimum absolute atomic E-state index is 0.0155. The van der Waals surface area contributed by atoms with Crippen LogP contribution in [0.1, 0.15) is 46.4 Å². The average Bonchev–Trinajstić information content (AvgIpc) is 2.83. The maximum Gasteiger partial charge on any atom is 0.140 e. The zero-order valence-corrected chi connectivity index (χ0v) is 11.8. The van der Waals surface area contributed by atoms with Crippen LogP contribution in [-0.2, 0) is 17.8 Å². The SMILES string of the molecule is CC(C)NCc1ncnn1CC1CCC(C)(C)O1. The summed E-state index contributed by atoms with van der Waals surface area (Å²) in [4.78, 5) is 4.30. The van der Waals surface area contributed by atoms with E-state index in [9.17, 15) is 0 Å². The molecule has 2 heterocycles. The van der Waals surface area contributed by atoms with Crippen LogP contribution in [0.2, 0.25) is 0 Å². The van der Waals surface area contributed by atoms with Crippen LogP contribution in [0.25, 0.3) is 0 Å². The fourth-order valence-electron chi connectivity index (χ4n) is 2.27. The maximum atomic E-state index is 5.99. The van der Waals surface area contributed by atoms with Crippen molar-refractivity contribution in [2.75, 3.05) is 0 Å². The van der Waals surface area contributed by atoms with E-state index in [1.807, 2.05) is 4.68 Å². The van der Waals surface area contributed by atoms with Gasteiger partial charge in [0.15, 0.2) is 0 Å². The lowest BCUT2D eigenvalue weighted by molar-refractivity contribution is -0.0233. The van der Waals surface area contributed by atoms with E-state index in [-0.39, 0.29) is 11.7 Å². The van der Waals surface area contributed by atoms with Crippen LogP contribution in [0.5, 0.6) is 0 Å². The summed E-state index contributed by atoms with van der Waals surface area (Å²) in [5.41, 5.74) is 0.0155. The third kappa shape index (κ3) is 3.53. The lowest BCUT2D eigenvalue weighted by Crippen LogP contribution is -2.27. The molecule has 1 aromatic heterocycles. The van der Waals surface area contributed by atoms with Gasteiger partial charge >= 0.3 is 0 Å². The molecule has 0 aromatic carbocycles. The van der Waals surface area contributed by atoms with Gasteiger partial charge in [-0.05, 0) is 26.7 Å². The van der Waals surface area contributed by atoms with Gasteiger partial charge in [0.1, 0.15) is 12.2 Å². The Balaban J connectivity index is 1.92. The van der Waals surface area contributed by atoms with Crippen LogP contribution in [0.4, 0.5) is 0 Å². The molecule has 102 valence electrons. The first-order valence-electron chi connectivity index (χ1n) is 6.74. The van der Waals surface area contributed by atoms with Crippen LogP contribution < -0.4 is 5.32 Å². The molecule has 1 atom stereocenters. The van der Waals surface area contributed by atoms with Crippen LogP contribution >= 0.6 is 0 Å². The van der Waals surface area contributed by atoms with Crippen molar-refractivity contribution in [3.8, 4) is 0 Å². The van der Waals surface area contributed by atoms with Crippen molar-refractivity contribution in [2.24, 2.45) is 0 Å². The van der Waals surface area contributed by atoms with E-state index in [4.69, 9.17) is 4.74 Å². The number of ether oxygens (including phenoxy) is 1. The molecule has 2 rings (SSSR count). The van der Waals surface area contributed by atoms with Gasteiger partial charge in [0.05, 0.1) is 24.8 Å². The van der Waals surface area contributed by atoms with Gasteiger partial charge in [0, 0.05) is 6.04 Å². The van der Waals surface area contributed by atoms with Gasteiger partial charge in [-0.3, -0.25) is 0 Å². The third-order valence-corrected chi connectivity index (χ3v) is 3.29. The van der Waals surface area contributed by atoms with Crippen molar-refractivity contribution in [1.29, 1.82) is 0 Å². The molecule has 0 aliphatic carbocycles.